The van der Waals surface area contributed by atoms with Gasteiger partial charge >= 0.3 is 0 Å². The highest BCUT2D eigenvalue weighted by Gasteiger charge is 2.52. The summed E-state index contributed by atoms with van der Waals surface area (Å²) in [6.07, 6.45) is 0. The Morgan fingerprint density at radius 2 is 1.13 bits per heavy atom. The van der Waals surface area contributed by atoms with Gasteiger partial charge < -0.3 is 0 Å². The predicted octanol–water partition coefficient (Wildman–Crippen LogP) is 8.28. The second-order valence-electron chi connectivity index (χ2n) is 9.73. The van der Waals surface area contributed by atoms with Crippen LogP contribution in [0.15, 0.2) is 84.9 Å². The van der Waals surface area contributed by atoms with Crippen LogP contribution in [-0.4, -0.2) is 0 Å². The first kappa shape index (κ1) is 18.6. The molecule has 2 aliphatic rings. The van der Waals surface area contributed by atoms with Crippen LogP contribution in [-0.2, 0) is 5.41 Å². The van der Waals surface area contributed by atoms with E-state index in [2.05, 4.69) is 113 Å². The fraction of sp³-hybridized carbons (Fsp3) is 0.226. The topological polar surface area (TPSA) is 0 Å². The molecule has 0 fully saturated rings. The molecular weight excluding hydrogens is 372 g/mol. The van der Waals surface area contributed by atoms with Gasteiger partial charge in [-0.3, -0.25) is 0 Å². The van der Waals surface area contributed by atoms with Crippen molar-refractivity contribution in [1.29, 1.82) is 0 Å². The van der Waals surface area contributed by atoms with Crippen LogP contribution in [0.25, 0.3) is 22.3 Å². The van der Waals surface area contributed by atoms with E-state index in [4.69, 9.17) is 0 Å². The van der Waals surface area contributed by atoms with Gasteiger partial charge in [-0.1, -0.05) is 113 Å². The zero-order valence-corrected chi connectivity index (χ0v) is 18.7. The minimum Gasteiger partial charge on any atom is -0.0619 e. The lowest BCUT2D eigenvalue weighted by atomic mass is 9.70. The van der Waals surface area contributed by atoms with Crippen LogP contribution >= 0.6 is 0 Å². The van der Waals surface area contributed by atoms with Crippen LogP contribution in [0.2, 0.25) is 0 Å². The summed E-state index contributed by atoms with van der Waals surface area (Å²) in [4.78, 5) is 0. The van der Waals surface area contributed by atoms with Gasteiger partial charge in [-0.05, 0) is 67.5 Å². The zero-order valence-electron chi connectivity index (χ0n) is 18.7. The van der Waals surface area contributed by atoms with Gasteiger partial charge in [-0.2, -0.15) is 0 Å². The molecule has 2 aliphatic carbocycles. The quantitative estimate of drug-likeness (QED) is 0.274. The van der Waals surface area contributed by atoms with E-state index >= 15 is 0 Å². The van der Waals surface area contributed by atoms with Gasteiger partial charge in [0.1, 0.15) is 0 Å². The number of hydrogen-bond donors (Lipinski definition) is 0. The van der Waals surface area contributed by atoms with E-state index < -0.39 is 0 Å². The molecule has 31 heavy (non-hydrogen) atoms. The van der Waals surface area contributed by atoms with Crippen LogP contribution in [0.3, 0.4) is 0 Å². The Balaban J connectivity index is 1.83. The molecule has 0 aromatic heterocycles. The van der Waals surface area contributed by atoms with E-state index in [1.54, 1.807) is 0 Å². The second kappa shape index (κ2) is 6.44. The maximum atomic E-state index is 2.49. The van der Waals surface area contributed by atoms with E-state index in [1.165, 1.54) is 55.6 Å². The lowest BCUT2D eigenvalue weighted by Crippen LogP contribution is -2.26. The lowest BCUT2D eigenvalue weighted by Gasteiger charge is -2.31. The van der Waals surface area contributed by atoms with Gasteiger partial charge in [-0.25, -0.2) is 0 Å². The monoisotopic (exact) mass is 400 g/mol. The third-order valence-corrected chi connectivity index (χ3v) is 7.46. The highest BCUT2D eigenvalue weighted by molar-refractivity contribution is 5.96. The molecule has 0 heteroatoms. The Hall–Kier alpha value is -3.12. The first-order valence-corrected chi connectivity index (χ1v) is 11.5. The Kier molecular flexibility index (Phi) is 3.87. The van der Waals surface area contributed by atoms with Crippen molar-refractivity contribution in [3.05, 3.63) is 118 Å². The minimum absolute atomic E-state index is 0.229. The molecule has 0 saturated heterocycles. The van der Waals surface area contributed by atoms with Gasteiger partial charge in [0.25, 0.3) is 0 Å². The normalized spacial score (nSPS) is 17.7. The molecule has 0 nitrogen and oxygen atoms in total. The molecule has 0 N–H and O–H groups in total. The van der Waals surface area contributed by atoms with Crippen molar-refractivity contribution in [2.75, 3.05) is 0 Å². The largest absolute Gasteiger partial charge is 0.0725 e. The molecule has 4 aromatic rings. The maximum Gasteiger partial charge on any atom is 0.0725 e. The predicted molar refractivity (Wildman–Crippen MR) is 131 cm³/mol. The molecular formula is C31H28. The van der Waals surface area contributed by atoms with Crippen molar-refractivity contribution in [3.63, 3.8) is 0 Å². The molecule has 1 spiro atoms. The van der Waals surface area contributed by atoms with Crippen molar-refractivity contribution in [2.24, 2.45) is 0 Å². The van der Waals surface area contributed by atoms with Crippen LogP contribution in [0, 0.1) is 0 Å². The van der Waals surface area contributed by atoms with Crippen LogP contribution in [0.4, 0.5) is 0 Å². The van der Waals surface area contributed by atoms with Gasteiger partial charge in [0.05, 0.1) is 5.41 Å². The van der Waals surface area contributed by atoms with Gasteiger partial charge in [0.2, 0.25) is 0 Å². The lowest BCUT2D eigenvalue weighted by molar-refractivity contribution is 0.781. The second-order valence-corrected chi connectivity index (χ2v) is 9.73. The molecule has 0 heterocycles. The summed E-state index contributed by atoms with van der Waals surface area (Å²) in [5, 5.41) is 0. The van der Waals surface area contributed by atoms with Gasteiger partial charge in [0.15, 0.2) is 0 Å². The highest BCUT2D eigenvalue weighted by Crippen LogP contribution is 2.63. The number of hydrogen-bond acceptors (Lipinski definition) is 0. The first-order chi connectivity index (χ1) is 15.0. The fourth-order valence-electron chi connectivity index (χ4n) is 6.07. The van der Waals surface area contributed by atoms with Crippen molar-refractivity contribution in [2.45, 2.75) is 44.9 Å². The summed E-state index contributed by atoms with van der Waals surface area (Å²) in [5.41, 5.74) is 14.0. The zero-order chi connectivity index (χ0) is 21.3. The summed E-state index contributed by atoms with van der Waals surface area (Å²) >= 11 is 0. The van der Waals surface area contributed by atoms with Crippen molar-refractivity contribution in [1.82, 2.24) is 0 Å². The number of fused-ring (bicyclic) bond motifs is 10. The molecule has 0 saturated carbocycles. The molecule has 0 aliphatic heterocycles. The summed E-state index contributed by atoms with van der Waals surface area (Å²) < 4.78 is 0. The minimum atomic E-state index is -0.229. The van der Waals surface area contributed by atoms with E-state index in [0.717, 1.165) is 0 Å². The van der Waals surface area contributed by atoms with Crippen molar-refractivity contribution >= 4 is 0 Å². The van der Waals surface area contributed by atoms with E-state index in [1.807, 2.05) is 0 Å². The molecule has 1 atom stereocenters. The molecule has 6 rings (SSSR count). The average Bonchev–Trinajstić information content (AvgIpc) is 3.26. The van der Waals surface area contributed by atoms with Gasteiger partial charge in [-0.15, -0.1) is 0 Å². The van der Waals surface area contributed by atoms with Gasteiger partial charge in [0, 0.05) is 0 Å². The SMILES string of the molecule is CC(C)c1ccc2c(c1)C1(c3ccccc3-2)c2ccccc2-c2c(C(C)C)cccc21. The summed E-state index contributed by atoms with van der Waals surface area (Å²) in [7, 11) is 0. The summed E-state index contributed by atoms with van der Waals surface area (Å²) in [6, 6.07) is 32.4. The maximum absolute atomic E-state index is 2.49. The highest BCUT2D eigenvalue weighted by atomic mass is 14.5. The molecule has 1 unspecified atom stereocenters. The Bertz CT molecular complexity index is 1330. The fourth-order valence-corrected chi connectivity index (χ4v) is 6.07. The summed E-state index contributed by atoms with van der Waals surface area (Å²) in [5.74, 6) is 0.987. The third kappa shape index (κ3) is 2.26. The number of rotatable bonds is 2. The Morgan fingerprint density at radius 3 is 1.84 bits per heavy atom. The molecule has 0 radical (unpaired) electrons. The third-order valence-electron chi connectivity index (χ3n) is 7.46. The molecule has 0 bridgehead atoms. The Labute approximate surface area is 185 Å². The van der Waals surface area contributed by atoms with Crippen molar-refractivity contribution in [3.8, 4) is 22.3 Å². The van der Waals surface area contributed by atoms with E-state index in [9.17, 15) is 0 Å². The summed E-state index contributed by atoms with van der Waals surface area (Å²) in [6.45, 7) is 9.22. The van der Waals surface area contributed by atoms with Crippen LogP contribution < -0.4 is 0 Å². The standard InChI is InChI=1S/C31H28/c1-19(2)21-16-17-24-23-10-5-7-13-26(23)31(29(24)18-21)27-14-8-6-11-25(27)30-22(20(3)4)12-9-15-28(30)31/h5-20H,1-4H3. The Morgan fingerprint density at radius 1 is 0.516 bits per heavy atom. The first-order valence-electron chi connectivity index (χ1n) is 11.5. The van der Waals surface area contributed by atoms with E-state index in [0.29, 0.717) is 11.8 Å². The molecule has 152 valence electrons. The van der Waals surface area contributed by atoms with Crippen LogP contribution in [0.5, 0.6) is 0 Å². The average molecular weight is 401 g/mol. The van der Waals surface area contributed by atoms with Crippen LogP contribution in [0.1, 0.15) is 72.9 Å². The number of benzene rings is 4. The van der Waals surface area contributed by atoms with Crippen molar-refractivity contribution < 1.29 is 0 Å². The molecule has 4 aromatic carbocycles. The smallest absolute Gasteiger partial charge is 0.0619 e. The molecule has 0 amide bonds. The van der Waals surface area contributed by atoms with E-state index in [-0.39, 0.29) is 5.41 Å².